The van der Waals surface area contributed by atoms with Gasteiger partial charge in [0.2, 0.25) is 11.5 Å². The number of nitrogens with zero attached hydrogens (tertiary/aromatic N) is 5. The van der Waals surface area contributed by atoms with Crippen LogP contribution in [0.2, 0.25) is 0 Å². The Morgan fingerprint density at radius 3 is 2.76 bits per heavy atom. The summed E-state index contributed by atoms with van der Waals surface area (Å²) >= 11 is 0. The van der Waals surface area contributed by atoms with Gasteiger partial charge >= 0.3 is 0 Å². The zero-order valence-corrected chi connectivity index (χ0v) is 19.4. The number of aliphatic hydroxyl groups is 1. The molecule has 2 aliphatic heterocycles. The van der Waals surface area contributed by atoms with Crippen LogP contribution in [-0.2, 0) is 17.8 Å². The summed E-state index contributed by atoms with van der Waals surface area (Å²) in [6.07, 6.45) is 3.63. The number of carbonyl (C=O) groups excluding carboxylic acids is 1. The zero-order valence-electron chi connectivity index (χ0n) is 19.4. The Hall–Kier alpha value is -3.24. The van der Waals surface area contributed by atoms with Crippen molar-refractivity contribution in [3.05, 3.63) is 41.7 Å². The zero-order chi connectivity index (χ0) is 23.5. The lowest BCUT2D eigenvalue weighted by atomic mass is 10.00. The van der Waals surface area contributed by atoms with Gasteiger partial charge in [-0.1, -0.05) is 29.4 Å². The standard InChI is InChI=1S/C24H31N7O3/c1-16(32)31-10-7-19(8-11-31)28-24-22-21(26-15-27-24)23(29-34-22)25-12-20(33)14-30-9-6-17-4-2-3-5-18(17)13-30/h2-5,15,19-20,33H,6-14H2,1H3,(H,25,29)(H,26,27,28)/t20-/m0/s1. The number of piperidine rings is 1. The molecule has 0 bridgehead atoms. The maximum absolute atomic E-state index is 11.5. The second kappa shape index (κ2) is 9.94. The minimum Gasteiger partial charge on any atom is -0.390 e. The van der Waals surface area contributed by atoms with Gasteiger partial charge in [-0.2, -0.15) is 0 Å². The normalized spacial score (nSPS) is 18.0. The number of nitrogens with one attached hydrogen (secondary N) is 2. The number of aromatic nitrogens is 3. The molecule has 0 radical (unpaired) electrons. The van der Waals surface area contributed by atoms with Gasteiger partial charge in [0.05, 0.1) is 6.10 Å². The Morgan fingerprint density at radius 2 is 1.97 bits per heavy atom. The molecule has 5 rings (SSSR count). The molecule has 180 valence electrons. The highest BCUT2D eigenvalue weighted by Crippen LogP contribution is 2.27. The summed E-state index contributed by atoms with van der Waals surface area (Å²) in [5.41, 5.74) is 3.80. The first-order chi connectivity index (χ1) is 16.6. The van der Waals surface area contributed by atoms with Crippen LogP contribution in [0.1, 0.15) is 30.9 Å². The van der Waals surface area contributed by atoms with Gasteiger partial charge in [-0.3, -0.25) is 9.69 Å². The Bertz CT molecular complexity index is 1140. The molecule has 4 heterocycles. The van der Waals surface area contributed by atoms with Gasteiger partial charge in [-0.15, -0.1) is 0 Å². The minimum atomic E-state index is -0.553. The fraction of sp³-hybridized carbons (Fsp3) is 0.500. The third kappa shape index (κ3) is 4.97. The van der Waals surface area contributed by atoms with Gasteiger partial charge in [-0.05, 0) is 30.4 Å². The molecule has 2 aliphatic rings. The van der Waals surface area contributed by atoms with Crippen LogP contribution in [-0.4, -0.2) is 80.8 Å². The number of fused-ring (bicyclic) bond motifs is 2. The Balaban J connectivity index is 1.16. The fourth-order valence-electron chi connectivity index (χ4n) is 4.80. The quantitative estimate of drug-likeness (QED) is 0.480. The van der Waals surface area contributed by atoms with Gasteiger partial charge < -0.3 is 25.2 Å². The first-order valence-electron chi connectivity index (χ1n) is 11.9. The van der Waals surface area contributed by atoms with Crippen LogP contribution in [0.4, 0.5) is 11.6 Å². The largest absolute Gasteiger partial charge is 0.390 e. The van der Waals surface area contributed by atoms with Crippen LogP contribution in [0, 0.1) is 0 Å². The second-order valence-electron chi connectivity index (χ2n) is 9.14. The molecular formula is C24H31N7O3. The van der Waals surface area contributed by atoms with Crippen LogP contribution in [0.3, 0.4) is 0 Å². The summed E-state index contributed by atoms with van der Waals surface area (Å²) < 4.78 is 5.55. The molecule has 0 aliphatic carbocycles. The summed E-state index contributed by atoms with van der Waals surface area (Å²) in [5.74, 6) is 1.20. The van der Waals surface area contributed by atoms with E-state index in [9.17, 15) is 9.90 Å². The molecule has 2 aromatic heterocycles. The number of hydrogen-bond acceptors (Lipinski definition) is 9. The number of benzene rings is 1. The van der Waals surface area contributed by atoms with E-state index in [1.165, 1.54) is 17.5 Å². The number of likely N-dealkylation sites (tertiary alicyclic amines) is 1. The molecule has 0 saturated carbocycles. The van der Waals surface area contributed by atoms with Crippen molar-refractivity contribution in [3.8, 4) is 0 Å². The molecule has 34 heavy (non-hydrogen) atoms. The molecule has 1 aromatic carbocycles. The van der Waals surface area contributed by atoms with Gasteiger partial charge in [0.15, 0.2) is 17.2 Å². The Labute approximate surface area is 198 Å². The van der Waals surface area contributed by atoms with Crippen molar-refractivity contribution in [1.82, 2.24) is 24.9 Å². The van der Waals surface area contributed by atoms with E-state index in [4.69, 9.17) is 4.52 Å². The molecule has 0 spiro atoms. The number of β-amino-alcohol motifs (C(OH)–C–C–N with tert-alkyl or cyclic N) is 1. The van der Waals surface area contributed by atoms with Crippen LogP contribution in [0.25, 0.3) is 11.1 Å². The summed E-state index contributed by atoms with van der Waals surface area (Å²) in [6, 6.07) is 8.69. The minimum absolute atomic E-state index is 0.112. The van der Waals surface area contributed by atoms with E-state index in [1.54, 1.807) is 6.92 Å². The third-order valence-corrected chi connectivity index (χ3v) is 6.72. The molecule has 3 N–H and O–H groups in total. The van der Waals surface area contributed by atoms with Crippen molar-refractivity contribution >= 4 is 28.6 Å². The highest BCUT2D eigenvalue weighted by atomic mass is 16.5. The van der Waals surface area contributed by atoms with Crippen LogP contribution >= 0.6 is 0 Å². The molecular weight excluding hydrogens is 434 g/mol. The number of hydrogen-bond donors (Lipinski definition) is 3. The van der Waals surface area contributed by atoms with E-state index in [-0.39, 0.29) is 11.9 Å². The van der Waals surface area contributed by atoms with E-state index in [0.29, 0.717) is 35.8 Å². The second-order valence-corrected chi connectivity index (χ2v) is 9.14. The molecule has 1 fully saturated rings. The van der Waals surface area contributed by atoms with Gasteiger partial charge in [-0.25, -0.2) is 9.97 Å². The lowest BCUT2D eigenvalue weighted by Crippen LogP contribution is -2.41. The summed E-state index contributed by atoms with van der Waals surface area (Å²) in [5, 5.41) is 21.3. The maximum Gasteiger partial charge on any atom is 0.229 e. The summed E-state index contributed by atoms with van der Waals surface area (Å²) in [6.45, 7) is 5.78. The fourth-order valence-corrected chi connectivity index (χ4v) is 4.80. The number of anilines is 2. The predicted molar refractivity (Wildman–Crippen MR) is 128 cm³/mol. The first-order valence-corrected chi connectivity index (χ1v) is 11.9. The molecule has 10 heteroatoms. The summed E-state index contributed by atoms with van der Waals surface area (Å²) in [7, 11) is 0. The highest BCUT2D eigenvalue weighted by Gasteiger charge is 2.24. The summed E-state index contributed by atoms with van der Waals surface area (Å²) in [4.78, 5) is 24.4. The topological polar surface area (TPSA) is 120 Å². The van der Waals surface area contributed by atoms with Crippen LogP contribution in [0.15, 0.2) is 35.1 Å². The number of carbonyl (C=O) groups is 1. The lowest BCUT2D eigenvalue weighted by molar-refractivity contribution is -0.129. The molecule has 1 atom stereocenters. The van der Waals surface area contributed by atoms with Gasteiger partial charge in [0.25, 0.3) is 0 Å². The number of rotatable bonds is 7. The number of amides is 1. The van der Waals surface area contributed by atoms with Crippen molar-refractivity contribution in [3.63, 3.8) is 0 Å². The van der Waals surface area contributed by atoms with Crippen molar-refractivity contribution < 1.29 is 14.4 Å². The van der Waals surface area contributed by atoms with Crippen molar-refractivity contribution in [2.24, 2.45) is 0 Å². The van der Waals surface area contributed by atoms with E-state index >= 15 is 0 Å². The van der Waals surface area contributed by atoms with Gasteiger partial charge in [0, 0.05) is 52.2 Å². The van der Waals surface area contributed by atoms with Crippen LogP contribution in [0.5, 0.6) is 0 Å². The Morgan fingerprint density at radius 1 is 1.18 bits per heavy atom. The van der Waals surface area contributed by atoms with Gasteiger partial charge in [0.1, 0.15) is 6.33 Å². The SMILES string of the molecule is CC(=O)N1CCC(Nc2ncnc3c(NC[C@H](O)CN4CCc5ccccc5C4)noc23)CC1. The monoisotopic (exact) mass is 465 g/mol. The molecule has 1 saturated heterocycles. The maximum atomic E-state index is 11.5. The average molecular weight is 466 g/mol. The number of aliphatic hydroxyl groups excluding tert-OH is 1. The van der Waals surface area contributed by atoms with E-state index in [2.05, 4.69) is 54.9 Å². The van der Waals surface area contributed by atoms with Crippen molar-refractivity contribution in [2.75, 3.05) is 43.4 Å². The lowest BCUT2D eigenvalue weighted by Gasteiger charge is -2.31. The van der Waals surface area contributed by atoms with Crippen molar-refractivity contribution in [1.29, 1.82) is 0 Å². The third-order valence-electron chi connectivity index (χ3n) is 6.72. The van der Waals surface area contributed by atoms with Crippen LogP contribution < -0.4 is 10.6 Å². The van der Waals surface area contributed by atoms with Crippen molar-refractivity contribution in [2.45, 2.75) is 44.9 Å². The molecule has 3 aromatic rings. The van der Waals surface area contributed by atoms with E-state index < -0.39 is 6.10 Å². The molecule has 0 unspecified atom stereocenters. The van der Waals surface area contributed by atoms with E-state index in [1.807, 2.05) is 4.90 Å². The molecule has 1 amide bonds. The average Bonchev–Trinajstić information content (AvgIpc) is 3.27. The van der Waals surface area contributed by atoms with E-state index in [0.717, 1.165) is 45.4 Å². The molecule has 10 nitrogen and oxygen atoms in total. The first kappa shape index (κ1) is 22.5. The Kier molecular flexibility index (Phi) is 6.59. The predicted octanol–water partition coefficient (Wildman–Crippen LogP) is 1.87. The highest BCUT2D eigenvalue weighted by molar-refractivity contribution is 5.90. The smallest absolute Gasteiger partial charge is 0.229 e.